The summed E-state index contributed by atoms with van der Waals surface area (Å²) in [5, 5.41) is 19.4. The molecule has 24 heavy (non-hydrogen) atoms. The lowest BCUT2D eigenvalue weighted by Crippen LogP contribution is -2.51. The molecule has 0 saturated heterocycles. The van der Waals surface area contributed by atoms with Crippen LogP contribution >= 0.6 is 0 Å². The third-order valence-corrected chi connectivity index (χ3v) is 8.62. The van der Waals surface area contributed by atoms with Crippen LogP contribution in [0.2, 0.25) is 0 Å². The predicted molar refractivity (Wildman–Crippen MR) is 93.3 cm³/mol. The van der Waals surface area contributed by atoms with Crippen LogP contribution in [0, 0.1) is 34.5 Å². The van der Waals surface area contributed by atoms with Gasteiger partial charge in [-0.1, -0.05) is 25.5 Å². The van der Waals surface area contributed by atoms with Gasteiger partial charge >= 0.3 is 0 Å². The van der Waals surface area contributed by atoms with E-state index in [1.165, 1.54) is 12.0 Å². The summed E-state index contributed by atoms with van der Waals surface area (Å²) in [5.74, 6) is 2.16. The third kappa shape index (κ3) is 2.20. The first kappa shape index (κ1) is 16.8. The van der Waals surface area contributed by atoms with Crippen molar-refractivity contribution >= 4 is 5.78 Å². The van der Waals surface area contributed by atoms with Crippen LogP contribution in [0.4, 0.5) is 0 Å². The van der Waals surface area contributed by atoms with Crippen LogP contribution in [-0.4, -0.2) is 28.7 Å². The maximum absolute atomic E-state index is 12.3. The Balaban J connectivity index is 1.64. The molecule has 134 valence electrons. The number of aliphatic hydroxyl groups is 2. The molecule has 4 rings (SSSR count). The van der Waals surface area contributed by atoms with E-state index in [-0.39, 0.29) is 35.2 Å². The molecule has 0 aliphatic heterocycles. The fraction of sp³-hybridized carbons (Fsp3) is 0.857. The van der Waals surface area contributed by atoms with Crippen molar-refractivity contribution in [2.45, 2.75) is 71.3 Å². The van der Waals surface area contributed by atoms with E-state index in [1.54, 1.807) is 0 Å². The van der Waals surface area contributed by atoms with Crippen molar-refractivity contribution in [3.63, 3.8) is 0 Å². The molecule has 0 unspecified atom stereocenters. The highest BCUT2D eigenvalue weighted by atomic mass is 16.3. The highest BCUT2D eigenvalue weighted by Gasteiger charge is 2.59. The van der Waals surface area contributed by atoms with Gasteiger partial charge in [0.15, 0.2) is 5.78 Å². The summed E-state index contributed by atoms with van der Waals surface area (Å²) in [6.07, 6.45) is 10.8. The van der Waals surface area contributed by atoms with Gasteiger partial charge in [-0.05, 0) is 80.0 Å². The SMILES string of the molecule is C[C@]12CC[C@@H]3[C@H](CC=C4C[C@H](O)CC[C@@]43C)[C@H]1CC[C@@H]2C(=O)CO. The molecule has 3 saturated carbocycles. The van der Waals surface area contributed by atoms with Gasteiger partial charge in [0.25, 0.3) is 0 Å². The first-order valence-electron chi connectivity index (χ1n) is 9.91. The Morgan fingerprint density at radius 2 is 1.96 bits per heavy atom. The minimum Gasteiger partial charge on any atom is -0.393 e. The zero-order valence-corrected chi connectivity index (χ0v) is 15.1. The highest BCUT2D eigenvalue weighted by Crippen LogP contribution is 2.66. The molecule has 0 aromatic rings. The number of fused-ring (bicyclic) bond motifs is 5. The smallest absolute Gasteiger partial charge is 0.161 e. The summed E-state index contributed by atoms with van der Waals surface area (Å²) in [6.45, 7) is 4.47. The molecule has 0 bridgehead atoms. The van der Waals surface area contributed by atoms with E-state index >= 15 is 0 Å². The number of aliphatic hydroxyl groups excluding tert-OH is 2. The van der Waals surface area contributed by atoms with Crippen molar-refractivity contribution in [2.75, 3.05) is 6.61 Å². The number of Topliss-reactive ketones (excluding diaryl/α,β-unsaturated/α-hetero) is 1. The number of hydrogen-bond acceptors (Lipinski definition) is 3. The van der Waals surface area contributed by atoms with Gasteiger partial charge in [-0.3, -0.25) is 4.79 Å². The summed E-state index contributed by atoms with van der Waals surface area (Å²) in [5.41, 5.74) is 1.87. The van der Waals surface area contributed by atoms with Crippen molar-refractivity contribution in [1.82, 2.24) is 0 Å². The first-order chi connectivity index (χ1) is 11.4. The largest absolute Gasteiger partial charge is 0.393 e. The van der Waals surface area contributed by atoms with Gasteiger partial charge in [0.1, 0.15) is 6.61 Å². The van der Waals surface area contributed by atoms with Gasteiger partial charge in [0.2, 0.25) is 0 Å². The van der Waals surface area contributed by atoms with E-state index in [0.29, 0.717) is 17.8 Å². The Labute approximate surface area is 145 Å². The Kier molecular flexibility index (Phi) is 3.96. The molecule has 4 aliphatic carbocycles. The monoisotopic (exact) mass is 332 g/mol. The quantitative estimate of drug-likeness (QED) is 0.761. The number of ketones is 1. The second kappa shape index (κ2) is 5.67. The Bertz CT molecular complexity index is 567. The van der Waals surface area contributed by atoms with E-state index in [0.717, 1.165) is 44.9 Å². The second-order valence-electron chi connectivity index (χ2n) is 9.45. The third-order valence-electron chi connectivity index (χ3n) is 8.62. The summed E-state index contributed by atoms with van der Waals surface area (Å²) < 4.78 is 0. The minimum absolute atomic E-state index is 0.0671. The standard InChI is InChI=1S/C21H32O3/c1-20-9-7-14(23)11-13(20)3-4-15-16-5-6-18(19(24)12-22)21(16,2)10-8-17(15)20/h3,14-18,22-23H,4-12H2,1-2H3/t14-,15-,16-,17-,18-,20+,21+/m1/s1. The average Bonchev–Trinajstić information content (AvgIpc) is 2.92. The van der Waals surface area contributed by atoms with Crippen LogP contribution in [0.1, 0.15) is 65.2 Å². The van der Waals surface area contributed by atoms with Gasteiger partial charge in [-0.2, -0.15) is 0 Å². The Morgan fingerprint density at radius 1 is 1.17 bits per heavy atom. The van der Waals surface area contributed by atoms with E-state index in [9.17, 15) is 15.0 Å². The topological polar surface area (TPSA) is 57.5 Å². The van der Waals surface area contributed by atoms with Crippen molar-refractivity contribution in [1.29, 1.82) is 0 Å². The number of allylic oxidation sites excluding steroid dienone is 1. The number of carbonyl (C=O) groups excluding carboxylic acids is 1. The van der Waals surface area contributed by atoms with Crippen LogP contribution in [0.5, 0.6) is 0 Å². The summed E-state index contributed by atoms with van der Waals surface area (Å²) >= 11 is 0. The summed E-state index contributed by atoms with van der Waals surface area (Å²) in [4.78, 5) is 12.3. The molecule has 3 fully saturated rings. The molecule has 0 amide bonds. The lowest BCUT2D eigenvalue weighted by molar-refractivity contribution is -0.132. The summed E-state index contributed by atoms with van der Waals surface area (Å²) in [6, 6.07) is 0. The molecule has 0 radical (unpaired) electrons. The first-order valence-corrected chi connectivity index (χ1v) is 9.91. The molecule has 0 aromatic heterocycles. The number of hydrogen-bond donors (Lipinski definition) is 2. The molecule has 0 aromatic carbocycles. The van der Waals surface area contributed by atoms with Crippen molar-refractivity contribution in [3.8, 4) is 0 Å². The molecule has 3 heteroatoms. The molecule has 2 N–H and O–H groups in total. The van der Waals surface area contributed by atoms with E-state index in [1.807, 2.05) is 0 Å². The fourth-order valence-electron chi connectivity index (χ4n) is 7.28. The van der Waals surface area contributed by atoms with Crippen LogP contribution in [-0.2, 0) is 4.79 Å². The van der Waals surface area contributed by atoms with Gasteiger partial charge in [0, 0.05) is 5.92 Å². The number of carbonyl (C=O) groups is 1. The van der Waals surface area contributed by atoms with Gasteiger partial charge in [-0.15, -0.1) is 0 Å². The van der Waals surface area contributed by atoms with Crippen molar-refractivity contribution in [3.05, 3.63) is 11.6 Å². The van der Waals surface area contributed by atoms with Crippen molar-refractivity contribution < 1.29 is 15.0 Å². The van der Waals surface area contributed by atoms with Gasteiger partial charge in [-0.25, -0.2) is 0 Å². The van der Waals surface area contributed by atoms with E-state index in [4.69, 9.17) is 0 Å². The lowest BCUT2D eigenvalue weighted by Gasteiger charge is -2.57. The Hall–Kier alpha value is -0.670. The second-order valence-corrected chi connectivity index (χ2v) is 9.45. The molecular weight excluding hydrogens is 300 g/mol. The van der Waals surface area contributed by atoms with Crippen molar-refractivity contribution in [2.24, 2.45) is 34.5 Å². The van der Waals surface area contributed by atoms with E-state index < -0.39 is 0 Å². The van der Waals surface area contributed by atoms with E-state index in [2.05, 4.69) is 19.9 Å². The van der Waals surface area contributed by atoms with Crippen LogP contribution < -0.4 is 0 Å². The summed E-state index contributed by atoms with van der Waals surface area (Å²) in [7, 11) is 0. The Morgan fingerprint density at radius 3 is 2.71 bits per heavy atom. The normalized spacial score (nSPS) is 50.5. The van der Waals surface area contributed by atoms with Gasteiger partial charge in [0.05, 0.1) is 6.10 Å². The maximum Gasteiger partial charge on any atom is 0.161 e. The predicted octanol–water partition coefficient (Wildman–Crippen LogP) is 3.49. The molecule has 4 aliphatic rings. The maximum atomic E-state index is 12.3. The highest BCUT2D eigenvalue weighted by molar-refractivity contribution is 5.83. The zero-order valence-electron chi connectivity index (χ0n) is 15.1. The lowest BCUT2D eigenvalue weighted by atomic mass is 9.47. The molecule has 7 atom stereocenters. The number of rotatable bonds is 2. The zero-order chi connectivity index (χ0) is 17.1. The molecule has 0 spiro atoms. The van der Waals surface area contributed by atoms with Crippen LogP contribution in [0.3, 0.4) is 0 Å². The molecular formula is C21H32O3. The van der Waals surface area contributed by atoms with Gasteiger partial charge < -0.3 is 10.2 Å². The molecule has 0 heterocycles. The van der Waals surface area contributed by atoms with Crippen LogP contribution in [0.15, 0.2) is 11.6 Å². The average molecular weight is 332 g/mol. The molecule has 3 nitrogen and oxygen atoms in total. The fourth-order valence-corrected chi connectivity index (χ4v) is 7.28. The minimum atomic E-state index is -0.291. The van der Waals surface area contributed by atoms with Crippen LogP contribution in [0.25, 0.3) is 0 Å².